The van der Waals surface area contributed by atoms with Gasteiger partial charge < -0.3 is 15.6 Å². The molecule has 0 aliphatic heterocycles. The summed E-state index contributed by atoms with van der Waals surface area (Å²) < 4.78 is 0. The minimum atomic E-state index is -0.136. The fraction of sp³-hybridized carbons (Fsp3) is 0.286. The molecule has 0 saturated heterocycles. The lowest BCUT2D eigenvalue weighted by Gasteiger charge is -2.22. The largest absolute Gasteiger partial charge is 0.399 e. The van der Waals surface area contributed by atoms with E-state index in [1.165, 1.54) is 12.4 Å². The number of H-pyrrole nitrogens is 1. The molecule has 0 fully saturated rings. The smallest absolute Gasteiger partial charge is 0.252 e. The number of hydrogen-bond donors (Lipinski definition) is 2. The Hall–Kier alpha value is -2.30. The number of nitrogens with zero attached hydrogens (tertiary/aromatic N) is 2. The van der Waals surface area contributed by atoms with Gasteiger partial charge in [0, 0.05) is 24.8 Å². The average molecular weight is 258 g/mol. The van der Waals surface area contributed by atoms with Crippen LogP contribution in [0, 0.1) is 0 Å². The highest BCUT2D eigenvalue weighted by Crippen LogP contribution is 2.14. The van der Waals surface area contributed by atoms with Gasteiger partial charge in [-0.05, 0) is 24.1 Å². The monoisotopic (exact) mass is 258 g/mol. The predicted octanol–water partition coefficient (Wildman–Crippen LogP) is 1.77. The van der Waals surface area contributed by atoms with E-state index in [1.54, 1.807) is 0 Å². The topological polar surface area (TPSA) is 75.0 Å². The zero-order valence-electron chi connectivity index (χ0n) is 11.0. The molecule has 0 unspecified atom stereocenters. The van der Waals surface area contributed by atoms with E-state index >= 15 is 0 Å². The molecule has 100 valence electrons. The molecule has 0 atom stereocenters. The Morgan fingerprint density at radius 3 is 2.68 bits per heavy atom. The summed E-state index contributed by atoms with van der Waals surface area (Å²) in [6.07, 6.45) is 2.42. The minimum absolute atomic E-state index is 0.136. The van der Waals surface area contributed by atoms with Crippen LogP contribution in [0.4, 0.5) is 11.5 Å². The van der Waals surface area contributed by atoms with Crippen LogP contribution >= 0.6 is 0 Å². The highest BCUT2D eigenvalue weighted by Gasteiger charge is 2.08. The van der Waals surface area contributed by atoms with Crippen LogP contribution in [0.15, 0.2) is 41.5 Å². The van der Waals surface area contributed by atoms with Crippen LogP contribution in [-0.4, -0.2) is 16.5 Å². The van der Waals surface area contributed by atoms with Crippen molar-refractivity contribution in [3.8, 4) is 0 Å². The third kappa shape index (κ3) is 3.58. The Kier molecular flexibility index (Phi) is 4.18. The van der Waals surface area contributed by atoms with Gasteiger partial charge in [-0.2, -0.15) is 0 Å². The van der Waals surface area contributed by atoms with E-state index in [9.17, 15) is 4.79 Å². The van der Waals surface area contributed by atoms with Crippen LogP contribution < -0.4 is 16.2 Å². The molecule has 0 aliphatic carbocycles. The van der Waals surface area contributed by atoms with Crippen molar-refractivity contribution in [2.75, 3.05) is 17.2 Å². The van der Waals surface area contributed by atoms with Gasteiger partial charge in [0.2, 0.25) is 0 Å². The maximum Gasteiger partial charge on any atom is 0.252 e. The third-order valence-corrected chi connectivity index (χ3v) is 2.83. The summed E-state index contributed by atoms with van der Waals surface area (Å²) in [7, 11) is 0. The molecule has 1 aromatic heterocycles. The van der Waals surface area contributed by atoms with Crippen molar-refractivity contribution in [3.63, 3.8) is 0 Å². The summed E-state index contributed by atoms with van der Waals surface area (Å²) in [6, 6.07) is 9.26. The van der Waals surface area contributed by atoms with E-state index in [0.717, 1.165) is 24.2 Å². The van der Waals surface area contributed by atoms with Crippen molar-refractivity contribution < 1.29 is 0 Å². The van der Waals surface area contributed by atoms with Gasteiger partial charge in [0.05, 0.1) is 6.33 Å². The van der Waals surface area contributed by atoms with Gasteiger partial charge in [0.25, 0.3) is 5.56 Å². The number of benzene rings is 1. The van der Waals surface area contributed by atoms with E-state index in [0.29, 0.717) is 12.4 Å². The second-order valence-electron chi connectivity index (χ2n) is 4.43. The first-order valence-corrected chi connectivity index (χ1v) is 6.33. The molecule has 2 aromatic rings. The molecule has 2 rings (SSSR count). The fourth-order valence-electron chi connectivity index (χ4n) is 1.92. The molecule has 0 radical (unpaired) electrons. The molecule has 1 aromatic carbocycles. The van der Waals surface area contributed by atoms with E-state index < -0.39 is 0 Å². The van der Waals surface area contributed by atoms with Crippen molar-refractivity contribution in [2.24, 2.45) is 0 Å². The molecule has 0 spiro atoms. The quantitative estimate of drug-likeness (QED) is 0.801. The zero-order chi connectivity index (χ0) is 13.7. The first-order chi connectivity index (χ1) is 9.19. The van der Waals surface area contributed by atoms with Crippen LogP contribution in [0.2, 0.25) is 0 Å². The fourth-order valence-corrected chi connectivity index (χ4v) is 1.92. The minimum Gasteiger partial charge on any atom is -0.399 e. The third-order valence-electron chi connectivity index (χ3n) is 2.83. The van der Waals surface area contributed by atoms with Gasteiger partial charge in [-0.1, -0.05) is 19.1 Å². The van der Waals surface area contributed by atoms with E-state index in [-0.39, 0.29) is 5.56 Å². The summed E-state index contributed by atoms with van der Waals surface area (Å²) in [4.78, 5) is 20.2. The number of nitrogens with one attached hydrogen (secondary N) is 1. The molecule has 1 heterocycles. The molecule has 3 N–H and O–H groups in total. The highest BCUT2D eigenvalue weighted by molar-refractivity contribution is 5.42. The number of aromatic amines is 1. The molecule has 19 heavy (non-hydrogen) atoms. The Labute approximate surface area is 112 Å². The van der Waals surface area contributed by atoms with Gasteiger partial charge in [-0.25, -0.2) is 4.98 Å². The second-order valence-corrected chi connectivity index (χ2v) is 4.43. The van der Waals surface area contributed by atoms with Crippen LogP contribution in [0.25, 0.3) is 0 Å². The molecule has 0 bridgehead atoms. The summed E-state index contributed by atoms with van der Waals surface area (Å²) in [6.45, 7) is 3.66. The maximum atomic E-state index is 11.4. The van der Waals surface area contributed by atoms with Crippen molar-refractivity contribution >= 4 is 11.5 Å². The maximum absolute atomic E-state index is 11.4. The van der Waals surface area contributed by atoms with Gasteiger partial charge in [-0.3, -0.25) is 4.79 Å². The van der Waals surface area contributed by atoms with Crippen LogP contribution in [0.1, 0.15) is 18.9 Å². The standard InChI is InChI=1S/C14H18N4O/c1-2-7-18(13-8-14(19)17-10-16-13)9-11-3-5-12(15)6-4-11/h3-6,8,10H,2,7,9,15H2,1H3,(H,16,17,19). The number of nitrogens with two attached hydrogens (primary N) is 1. The van der Waals surface area contributed by atoms with Crippen molar-refractivity contribution in [2.45, 2.75) is 19.9 Å². The summed E-state index contributed by atoms with van der Waals surface area (Å²) >= 11 is 0. The predicted molar refractivity (Wildman–Crippen MR) is 77.1 cm³/mol. The normalized spacial score (nSPS) is 10.4. The second kappa shape index (κ2) is 6.04. The van der Waals surface area contributed by atoms with E-state index in [2.05, 4.69) is 21.8 Å². The summed E-state index contributed by atoms with van der Waals surface area (Å²) in [5.41, 5.74) is 7.43. The van der Waals surface area contributed by atoms with Gasteiger partial charge in [-0.15, -0.1) is 0 Å². The van der Waals surface area contributed by atoms with Crippen LogP contribution in [-0.2, 0) is 6.54 Å². The van der Waals surface area contributed by atoms with E-state index in [1.807, 2.05) is 24.3 Å². The van der Waals surface area contributed by atoms with Gasteiger partial charge in [0.15, 0.2) is 0 Å². The molecule has 0 saturated carbocycles. The SMILES string of the molecule is CCCN(Cc1ccc(N)cc1)c1cc(=O)[nH]cn1. The molecule has 5 nitrogen and oxygen atoms in total. The lowest BCUT2D eigenvalue weighted by Crippen LogP contribution is -2.26. The van der Waals surface area contributed by atoms with Crippen molar-refractivity contribution in [1.82, 2.24) is 9.97 Å². The lowest BCUT2D eigenvalue weighted by atomic mass is 10.2. The van der Waals surface area contributed by atoms with Crippen LogP contribution in [0.3, 0.4) is 0 Å². The average Bonchev–Trinajstić information content (AvgIpc) is 2.41. The summed E-state index contributed by atoms with van der Waals surface area (Å²) in [5, 5.41) is 0. The molecular formula is C14H18N4O. The first-order valence-electron chi connectivity index (χ1n) is 6.33. The number of aromatic nitrogens is 2. The number of hydrogen-bond acceptors (Lipinski definition) is 4. The van der Waals surface area contributed by atoms with E-state index in [4.69, 9.17) is 5.73 Å². The number of rotatable bonds is 5. The molecule has 0 aliphatic rings. The van der Waals surface area contributed by atoms with Gasteiger partial charge in [0.1, 0.15) is 5.82 Å². The Morgan fingerprint density at radius 1 is 1.32 bits per heavy atom. The Morgan fingerprint density at radius 2 is 2.05 bits per heavy atom. The zero-order valence-corrected chi connectivity index (χ0v) is 11.0. The lowest BCUT2D eigenvalue weighted by molar-refractivity contribution is 0.751. The first kappa shape index (κ1) is 13.1. The van der Waals surface area contributed by atoms with Crippen LogP contribution in [0.5, 0.6) is 0 Å². The number of nitrogen functional groups attached to an aromatic ring is 1. The molecule has 5 heteroatoms. The molecule has 0 amide bonds. The number of anilines is 2. The molecular weight excluding hydrogens is 240 g/mol. The van der Waals surface area contributed by atoms with Gasteiger partial charge >= 0.3 is 0 Å². The Bertz CT molecular complexity index is 576. The van der Waals surface area contributed by atoms with Crippen molar-refractivity contribution in [3.05, 3.63) is 52.6 Å². The van der Waals surface area contributed by atoms with Crippen molar-refractivity contribution in [1.29, 1.82) is 0 Å². The summed E-state index contributed by atoms with van der Waals surface area (Å²) in [5.74, 6) is 0.697. The highest BCUT2D eigenvalue weighted by atomic mass is 16.1. The Balaban J connectivity index is 2.20.